The minimum absolute atomic E-state index is 0.274. The summed E-state index contributed by atoms with van der Waals surface area (Å²) in [5, 5.41) is 2.37. The molecule has 0 bridgehead atoms. The Kier molecular flexibility index (Phi) is 8.73. The quantitative estimate of drug-likeness (QED) is 0.167. The van der Waals surface area contributed by atoms with E-state index in [-0.39, 0.29) is 5.97 Å². The predicted molar refractivity (Wildman–Crippen MR) is 114 cm³/mol. The van der Waals surface area contributed by atoms with Crippen molar-refractivity contribution in [1.82, 2.24) is 0 Å². The van der Waals surface area contributed by atoms with Crippen molar-refractivity contribution >= 4 is 39.3 Å². The van der Waals surface area contributed by atoms with Crippen molar-refractivity contribution in [3.8, 4) is 5.75 Å². The summed E-state index contributed by atoms with van der Waals surface area (Å²) >= 11 is 2.26. The first-order valence-corrected chi connectivity index (χ1v) is 10.6. The molecule has 0 spiro atoms. The zero-order valence-electron chi connectivity index (χ0n) is 15.4. The van der Waals surface area contributed by atoms with Gasteiger partial charge < -0.3 is 4.74 Å². The molecule has 0 unspecified atom stereocenters. The Morgan fingerprint density at radius 3 is 2.32 bits per heavy atom. The van der Waals surface area contributed by atoms with E-state index in [0.29, 0.717) is 5.75 Å². The van der Waals surface area contributed by atoms with Crippen LogP contribution >= 0.6 is 22.6 Å². The summed E-state index contributed by atoms with van der Waals surface area (Å²) in [6, 6.07) is 10.6. The maximum absolute atomic E-state index is 11.2. The van der Waals surface area contributed by atoms with Gasteiger partial charge in [0.2, 0.25) is 0 Å². The van der Waals surface area contributed by atoms with Crippen molar-refractivity contribution in [2.45, 2.75) is 71.6 Å². The smallest absolute Gasteiger partial charge is 0.308 e. The summed E-state index contributed by atoms with van der Waals surface area (Å²) in [4.78, 5) is 11.2. The number of carbonyl (C=O) groups excluding carboxylic acids is 1. The second kappa shape index (κ2) is 10.8. The molecule has 0 aromatic heterocycles. The van der Waals surface area contributed by atoms with E-state index in [0.717, 1.165) is 15.4 Å². The van der Waals surface area contributed by atoms with E-state index in [1.165, 1.54) is 69.2 Å². The molecule has 136 valence electrons. The number of halogens is 1. The molecule has 0 fully saturated rings. The fourth-order valence-corrected chi connectivity index (χ4v) is 3.95. The maximum atomic E-state index is 11.2. The molecule has 0 radical (unpaired) electrons. The first kappa shape index (κ1) is 20.2. The Balaban J connectivity index is 1.86. The van der Waals surface area contributed by atoms with Crippen molar-refractivity contribution in [1.29, 1.82) is 0 Å². The largest absolute Gasteiger partial charge is 0.426 e. The number of ether oxygens (including phenoxy) is 1. The zero-order chi connectivity index (χ0) is 18.1. The molecule has 2 nitrogen and oxygen atoms in total. The lowest BCUT2D eigenvalue weighted by atomic mass is 10.0. The van der Waals surface area contributed by atoms with Crippen LogP contribution in [0.15, 0.2) is 30.3 Å². The van der Waals surface area contributed by atoms with Crippen molar-refractivity contribution in [2.75, 3.05) is 0 Å². The summed E-state index contributed by atoms with van der Waals surface area (Å²) in [5.41, 5.74) is 1.40. The van der Waals surface area contributed by atoms with Crippen LogP contribution in [0, 0.1) is 3.57 Å². The van der Waals surface area contributed by atoms with Crippen LogP contribution in [-0.4, -0.2) is 5.97 Å². The zero-order valence-corrected chi connectivity index (χ0v) is 17.6. The highest BCUT2D eigenvalue weighted by Crippen LogP contribution is 2.30. The van der Waals surface area contributed by atoms with Crippen LogP contribution in [0.1, 0.15) is 70.8 Å². The molecule has 2 aromatic carbocycles. The van der Waals surface area contributed by atoms with Crippen LogP contribution in [0.3, 0.4) is 0 Å². The van der Waals surface area contributed by atoms with E-state index in [9.17, 15) is 4.79 Å². The standard InChI is InChI=1S/C22H29IO2/c1-3-4-5-6-7-8-9-10-11-18-12-14-20-19(16-18)13-15-21(22(20)23)25-17(2)24/h12-16H,3-11H2,1-2H3. The highest BCUT2D eigenvalue weighted by Gasteiger charge is 2.08. The predicted octanol–water partition coefficient (Wildman–Crippen LogP) is 7.05. The minimum atomic E-state index is -0.274. The lowest BCUT2D eigenvalue weighted by Crippen LogP contribution is -2.02. The SMILES string of the molecule is CCCCCCCCCCc1ccc2c(I)c(OC(C)=O)ccc2c1. The molecule has 0 aliphatic heterocycles. The van der Waals surface area contributed by atoms with E-state index < -0.39 is 0 Å². The number of hydrogen-bond acceptors (Lipinski definition) is 2. The molecular weight excluding hydrogens is 423 g/mol. The molecular formula is C22H29IO2. The lowest BCUT2D eigenvalue weighted by Gasteiger charge is -2.09. The van der Waals surface area contributed by atoms with Crippen molar-refractivity contribution < 1.29 is 9.53 Å². The van der Waals surface area contributed by atoms with Gasteiger partial charge in [-0.15, -0.1) is 0 Å². The minimum Gasteiger partial charge on any atom is -0.426 e. The van der Waals surface area contributed by atoms with Crippen LogP contribution in [0.25, 0.3) is 10.8 Å². The molecule has 0 N–H and O–H groups in total. The van der Waals surface area contributed by atoms with Gasteiger partial charge in [-0.1, -0.05) is 76.1 Å². The molecule has 2 rings (SSSR count). The fraction of sp³-hybridized carbons (Fsp3) is 0.500. The molecule has 0 heterocycles. The third-order valence-electron chi connectivity index (χ3n) is 4.56. The highest BCUT2D eigenvalue weighted by molar-refractivity contribution is 14.1. The van der Waals surface area contributed by atoms with Gasteiger partial charge in [0.25, 0.3) is 0 Å². The third kappa shape index (κ3) is 6.61. The third-order valence-corrected chi connectivity index (χ3v) is 5.67. The van der Waals surface area contributed by atoms with Gasteiger partial charge in [0.15, 0.2) is 0 Å². The summed E-state index contributed by atoms with van der Waals surface area (Å²) in [6.07, 6.45) is 12.0. The van der Waals surface area contributed by atoms with Gasteiger partial charge in [0, 0.05) is 6.92 Å². The summed E-state index contributed by atoms with van der Waals surface area (Å²) in [7, 11) is 0. The number of aryl methyl sites for hydroxylation is 1. The average molecular weight is 452 g/mol. The first-order chi connectivity index (χ1) is 12.1. The molecule has 3 heteroatoms. The maximum Gasteiger partial charge on any atom is 0.308 e. The van der Waals surface area contributed by atoms with Crippen LogP contribution in [-0.2, 0) is 11.2 Å². The molecule has 2 aromatic rings. The van der Waals surface area contributed by atoms with Gasteiger partial charge in [0.05, 0.1) is 3.57 Å². The molecule has 0 aliphatic rings. The number of rotatable bonds is 10. The van der Waals surface area contributed by atoms with Crippen molar-refractivity contribution in [2.24, 2.45) is 0 Å². The Hall–Kier alpha value is -1.10. The van der Waals surface area contributed by atoms with E-state index >= 15 is 0 Å². The number of carbonyl (C=O) groups is 1. The molecule has 0 amide bonds. The normalized spacial score (nSPS) is 11.0. The van der Waals surface area contributed by atoms with Gasteiger partial charge >= 0.3 is 5.97 Å². The summed E-state index contributed by atoms with van der Waals surface area (Å²) in [5.74, 6) is 0.375. The molecule has 0 aliphatic carbocycles. The van der Waals surface area contributed by atoms with Gasteiger partial charge in [-0.25, -0.2) is 0 Å². The first-order valence-electron chi connectivity index (χ1n) is 9.51. The van der Waals surface area contributed by atoms with Crippen molar-refractivity contribution in [3.63, 3.8) is 0 Å². The Bertz CT molecular complexity index is 694. The highest BCUT2D eigenvalue weighted by atomic mass is 127. The van der Waals surface area contributed by atoms with Crippen LogP contribution in [0.5, 0.6) is 5.75 Å². The van der Waals surface area contributed by atoms with Crippen LogP contribution < -0.4 is 4.74 Å². The Morgan fingerprint density at radius 1 is 0.960 bits per heavy atom. The van der Waals surface area contributed by atoms with Gasteiger partial charge in [-0.2, -0.15) is 0 Å². The molecule has 0 saturated heterocycles. The summed E-state index contributed by atoms with van der Waals surface area (Å²) in [6.45, 7) is 3.70. The van der Waals surface area contributed by atoms with Gasteiger partial charge in [0.1, 0.15) is 5.75 Å². The van der Waals surface area contributed by atoms with Crippen LogP contribution in [0.4, 0.5) is 0 Å². The molecule has 25 heavy (non-hydrogen) atoms. The second-order valence-corrected chi connectivity index (χ2v) is 7.83. The van der Waals surface area contributed by atoms with E-state index in [1.54, 1.807) is 0 Å². The fourth-order valence-electron chi connectivity index (χ4n) is 3.17. The topological polar surface area (TPSA) is 26.3 Å². The van der Waals surface area contributed by atoms with Gasteiger partial charge in [-0.3, -0.25) is 4.79 Å². The molecule has 0 atom stereocenters. The number of unbranched alkanes of at least 4 members (excludes halogenated alkanes) is 7. The number of hydrogen-bond donors (Lipinski definition) is 0. The van der Waals surface area contributed by atoms with E-state index in [4.69, 9.17) is 4.74 Å². The Morgan fingerprint density at radius 2 is 1.64 bits per heavy atom. The van der Waals surface area contributed by atoms with Crippen molar-refractivity contribution in [3.05, 3.63) is 39.5 Å². The number of fused-ring (bicyclic) bond motifs is 1. The lowest BCUT2D eigenvalue weighted by molar-refractivity contribution is -0.131. The molecule has 0 saturated carbocycles. The van der Waals surface area contributed by atoms with Gasteiger partial charge in [-0.05, 0) is 57.8 Å². The number of esters is 1. The Labute approximate surface area is 165 Å². The van der Waals surface area contributed by atoms with Crippen LogP contribution in [0.2, 0.25) is 0 Å². The summed E-state index contributed by atoms with van der Waals surface area (Å²) < 4.78 is 6.27. The second-order valence-electron chi connectivity index (χ2n) is 6.75. The van der Waals surface area contributed by atoms with E-state index in [1.807, 2.05) is 12.1 Å². The average Bonchev–Trinajstić information content (AvgIpc) is 2.59. The number of benzene rings is 2. The van der Waals surface area contributed by atoms with E-state index in [2.05, 4.69) is 47.7 Å². The monoisotopic (exact) mass is 452 g/mol.